The lowest BCUT2D eigenvalue weighted by molar-refractivity contribution is 0.605. The Balaban J connectivity index is 2.45. The van der Waals surface area contributed by atoms with Crippen LogP contribution < -0.4 is 5.32 Å². The van der Waals surface area contributed by atoms with Gasteiger partial charge in [0.25, 0.3) is 0 Å². The summed E-state index contributed by atoms with van der Waals surface area (Å²) in [5.74, 6) is 2.96. The molecule has 0 aliphatic heterocycles. The second-order valence-electron chi connectivity index (χ2n) is 5.78. The molecule has 0 aromatic carbocycles. The molecule has 1 heterocycles. The first-order chi connectivity index (χ1) is 7.86. The average molecular weight is 345 g/mol. The molecule has 1 unspecified atom stereocenters. The number of nitrogens with zero attached hydrogens (tertiary/aromatic N) is 2. The van der Waals surface area contributed by atoms with Crippen molar-refractivity contribution in [1.82, 2.24) is 9.97 Å². The number of anilines is 1. The SMILES string of the molecule is CNc1nc(C2CC2(C)C)nc(C(C)C)c1I. The van der Waals surface area contributed by atoms with Crippen molar-refractivity contribution in [2.75, 3.05) is 12.4 Å². The van der Waals surface area contributed by atoms with Crippen LogP contribution in [0.4, 0.5) is 5.82 Å². The highest BCUT2D eigenvalue weighted by atomic mass is 127. The fourth-order valence-electron chi connectivity index (χ4n) is 2.09. The smallest absolute Gasteiger partial charge is 0.143 e. The van der Waals surface area contributed by atoms with Crippen LogP contribution in [-0.4, -0.2) is 17.0 Å². The lowest BCUT2D eigenvalue weighted by Gasteiger charge is -2.14. The van der Waals surface area contributed by atoms with Crippen LogP contribution in [0.5, 0.6) is 0 Å². The second-order valence-corrected chi connectivity index (χ2v) is 6.86. The zero-order valence-electron chi connectivity index (χ0n) is 11.1. The Morgan fingerprint density at radius 1 is 1.35 bits per heavy atom. The topological polar surface area (TPSA) is 37.8 Å². The van der Waals surface area contributed by atoms with Crippen molar-refractivity contribution in [1.29, 1.82) is 0 Å². The minimum absolute atomic E-state index is 0.381. The highest BCUT2D eigenvalue weighted by molar-refractivity contribution is 14.1. The number of aromatic nitrogens is 2. The largest absolute Gasteiger partial charge is 0.372 e. The van der Waals surface area contributed by atoms with E-state index in [4.69, 9.17) is 4.98 Å². The van der Waals surface area contributed by atoms with Crippen LogP contribution in [0.1, 0.15) is 57.5 Å². The molecule has 17 heavy (non-hydrogen) atoms. The van der Waals surface area contributed by atoms with E-state index in [0.717, 1.165) is 15.2 Å². The molecule has 1 aromatic rings. The molecule has 1 aliphatic carbocycles. The fourth-order valence-corrected chi connectivity index (χ4v) is 3.23. The number of nitrogens with one attached hydrogen (secondary N) is 1. The van der Waals surface area contributed by atoms with Gasteiger partial charge in [0.05, 0.1) is 9.26 Å². The normalized spacial score (nSPS) is 21.7. The summed E-state index contributed by atoms with van der Waals surface area (Å²) in [5.41, 5.74) is 1.55. The number of halogens is 1. The van der Waals surface area contributed by atoms with Crippen LogP contribution in [0, 0.1) is 8.99 Å². The molecule has 0 spiro atoms. The quantitative estimate of drug-likeness (QED) is 0.848. The molecule has 94 valence electrons. The van der Waals surface area contributed by atoms with Crippen LogP contribution in [0.15, 0.2) is 0 Å². The van der Waals surface area contributed by atoms with Crippen LogP contribution in [0.25, 0.3) is 0 Å². The van der Waals surface area contributed by atoms with Crippen LogP contribution >= 0.6 is 22.6 Å². The van der Waals surface area contributed by atoms with Crippen LogP contribution in [0.2, 0.25) is 0 Å². The molecule has 0 radical (unpaired) electrons. The van der Waals surface area contributed by atoms with Gasteiger partial charge < -0.3 is 5.32 Å². The Labute approximate surface area is 117 Å². The van der Waals surface area contributed by atoms with Gasteiger partial charge in [0.15, 0.2) is 0 Å². The Hall–Kier alpha value is -0.390. The second kappa shape index (κ2) is 4.37. The molecule has 1 aromatic heterocycles. The lowest BCUT2D eigenvalue weighted by atomic mass is 10.1. The maximum Gasteiger partial charge on any atom is 0.143 e. The van der Waals surface area contributed by atoms with Crippen molar-refractivity contribution >= 4 is 28.4 Å². The zero-order chi connectivity index (χ0) is 12.8. The van der Waals surface area contributed by atoms with Crippen LogP contribution in [0.3, 0.4) is 0 Å². The molecule has 1 saturated carbocycles. The molecule has 0 saturated heterocycles. The van der Waals surface area contributed by atoms with E-state index in [1.807, 2.05) is 7.05 Å². The maximum absolute atomic E-state index is 4.78. The van der Waals surface area contributed by atoms with Gasteiger partial charge in [-0.2, -0.15) is 0 Å². The Morgan fingerprint density at radius 2 is 1.94 bits per heavy atom. The van der Waals surface area contributed by atoms with Crippen molar-refractivity contribution in [3.8, 4) is 0 Å². The summed E-state index contributed by atoms with van der Waals surface area (Å²) >= 11 is 2.34. The third-order valence-corrected chi connectivity index (χ3v) is 4.57. The fraction of sp³-hybridized carbons (Fsp3) is 0.692. The Morgan fingerprint density at radius 3 is 2.35 bits per heavy atom. The first-order valence-electron chi connectivity index (χ1n) is 6.12. The zero-order valence-corrected chi connectivity index (χ0v) is 13.3. The van der Waals surface area contributed by atoms with Gasteiger partial charge in [-0.05, 0) is 40.3 Å². The third-order valence-electron chi connectivity index (χ3n) is 3.50. The minimum Gasteiger partial charge on any atom is -0.372 e. The molecule has 1 fully saturated rings. The van der Waals surface area contributed by atoms with E-state index in [2.05, 4.69) is 60.6 Å². The predicted molar refractivity (Wildman–Crippen MR) is 79.5 cm³/mol. The number of hydrogen-bond acceptors (Lipinski definition) is 3. The average Bonchev–Trinajstić information content (AvgIpc) is 2.87. The molecule has 2 rings (SSSR count). The summed E-state index contributed by atoms with van der Waals surface area (Å²) in [6.07, 6.45) is 1.20. The van der Waals surface area contributed by atoms with Gasteiger partial charge in [-0.3, -0.25) is 0 Å². The third kappa shape index (κ3) is 2.41. The van der Waals surface area contributed by atoms with Crippen molar-refractivity contribution in [3.63, 3.8) is 0 Å². The molecular formula is C13H20IN3. The van der Waals surface area contributed by atoms with Gasteiger partial charge in [0, 0.05) is 13.0 Å². The minimum atomic E-state index is 0.381. The monoisotopic (exact) mass is 345 g/mol. The molecule has 0 bridgehead atoms. The molecule has 1 atom stereocenters. The van der Waals surface area contributed by atoms with Crippen molar-refractivity contribution in [2.24, 2.45) is 5.41 Å². The number of rotatable bonds is 3. The summed E-state index contributed by atoms with van der Waals surface area (Å²) < 4.78 is 1.15. The first-order valence-corrected chi connectivity index (χ1v) is 7.19. The van der Waals surface area contributed by atoms with E-state index in [1.165, 1.54) is 12.1 Å². The van der Waals surface area contributed by atoms with E-state index in [9.17, 15) is 0 Å². The van der Waals surface area contributed by atoms with E-state index in [0.29, 0.717) is 17.3 Å². The molecule has 1 N–H and O–H groups in total. The van der Waals surface area contributed by atoms with E-state index in [-0.39, 0.29) is 0 Å². The summed E-state index contributed by atoms with van der Waals surface area (Å²) in [4.78, 5) is 9.44. The van der Waals surface area contributed by atoms with Gasteiger partial charge in [0.2, 0.25) is 0 Å². The summed E-state index contributed by atoms with van der Waals surface area (Å²) in [6.45, 7) is 8.94. The summed E-state index contributed by atoms with van der Waals surface area (Å²) in [5, 5.41) is 3.18. The lowest BCUT2D eigenvalue weighted by Crippen LogP contribution is -2.09. The molecule has 3 nitrogen and oxygen atoms in total. The van der Waals surface area contributed by atoms with Gasteiger partial charge >= 0.3 is 0 Å². The first kappa shape index (κ1) is 13.1. The summed E-state index contributed by atoms with van der Waals surface area (Å²) in [7, 11) is 1.93. The molecule has 0 amide bonds. The van der Waals surface area contributed by atoms with Crippen molar-refractivity contribution in [2.45, 2.75) is 46.0 Å². The van der Waals surface area contributed by atoms with Gasteiger partial charge in [0.1, 0.15) is 11.6 Å². The standard InChI is InChI=1S/C13H20IN3/c1-7(2)10-9(14)12(15-5)17-11(16-10)8-6-13(8,3)4/h7-8H,6H2,1-5H3,(H,15,16,17). The molecule has 1 aliphatic rings. The Kier molecular flexibility index (Phi) is 3.36. The van der Waals surface area contributed by atoms with E-state index in [1.54, 1.807) is 0 Å². The van der Waals surface area contributed by atoms with Crippen LogP contribution in [-0.2, 0) is 0 Å². The summed E-state index contributed by atoms with van der Waals surface area (Å²) in [6, 6.07) is 0. The van der Waals surface area contributed by atoms with Crippen molar-refractivity contribution < 1.29 is 0 Å². The number of hydrogen-bond donors (Lipinski definition) is 1. The van der Waals surface area contributed by atoms with Crippen molar-refractivity contribution in [3.05, 3.63) is 15.1 Å². The highest BCUT2D eigenvalue weighted by Crippen LogP contribution is 2.57. The predicted octanol–water partition coefficient (Wildman–Crippen LogP) is 3.76. The molecular weight excluding hydrogens is 325 g/mol. The maximum atomic E-state index is 4.78. The van der Waals surface area contributed by atoms with Gasteiger partial charge in [-0.15, -0.1) is 0 Å². The van der Waals surface area contributed by atoms with Gasteiger partial charge in [-0.25, -0.2) is 9.97 Å². The van der Waals surface area contributed by atoms with E-state index < -0.39 is 0 Å². The molecule has 4 heteroatoms. The van der Waals surface area contributed by atoms with Gasteiger partial charge in [-0.1, -0.05) is 27.7 Å². The highest BCUT2D eigenvalue weighted by Gasteiger charge is 2.48. The van der Waals surface area contributed by atoms with E-state index >= 15 is 0 Å². The Bertz CT molecular complexity index is 441.